The van der Waals surface area contributed by atoms with Gasteiger partial charge in [-0.05, 0) is 29.8 Å². The zero-order valence-corrected chi connectivity index (χ0v) is 16.5. The average molecular weight is 441 g/mol. The molecule has 4 N–H and O–H groups in total. The number of halogens is 2. The number of hydrogen-bond acceptors (Lipinski definition) is 4. The Morgan fingerprint density at radius 2 is 1.81 bits per heavy atom. The van der Waals surface area contributed by atoms with Crippen molar-refractivity contribution in [3.8, 4) is 11.4 Å². The quantitative estimate of drug-likeness (QED) is 0.543. The predicted octanol–water partition coefficient (Wildman–Crippen LogP) is 2.79. The summed E-state index contributed by atoms with van der Waals surface area (Å²) in [5.41, 5.74) is 6.02. The van der Waals surface area contributed by atoms with Crippen molar-refractivity contribution in [2.24, 2.45) is 5.73 Å². The Hall–Kier alpha value is -4.21. The Morgan fingerprint density at radius 1 is 1.16 bits per heavy atom. The van der Waals surface area contributed by atoms with Crippen LogP contribution < -0.4 is 15.8 Å². The van der Waals surface area contributed by atoms with Crippen LogP contribution in [0.4, 0.5) is 14.5 Å². The van der Waals surface area contributed by atoms with Crippen molar-refractivity contribution in [1.29, 1.82) is 0 Å². The second kappa shape index (κ2) is 8.14. The molecule has 1 atom stereocenters. The Morgan fingerprint density at radius 3 is 2.41 bits per heavy atom. The standard InChI is InChI=1S/C22H17F2N3O5/c23-12-5-13(24)7-14(6-12)27-9-17(22(30)31)20-21(27)16(8-19(29)26-20)11-1-3-15(4-2-11)32-10-18(25)28/h1-7,9,16H,8,10H2,(H2,25,28)(H,26,29)(H,30,31)/t16-/m1/s1. The number of carboxylic acid groups (broad SMARTS) is 1. The highest BCUT2D eigenvalue weighted by atomic mass is 19.1. The minimum atomic E-state index is -1.30. The van der Waals surface area contributed by atoms with Crippen molar-refractivity contribution in [1.82, 2.24) is 4.57 Å². The maximum atomic E-state index is 13.9. The number of aromatic carboxylic acids is 1. The first-order chi connectivity index (χ1) is 15.2. The fourth-order valence-electron chi connectivity index (χ4n) is 3.75. The predicted molar refractivity (Wildman–Crippen MR) is 109 cm³/mol. The van der Waals surface area contributed by atoms with Gasteiger partial charge in [0, 0.05) is 24.6 Å². The monoisotopic (exact) mass is 441 g/mol. The van der Waals surface area contributed by atoms with Crippen LogP contribution in [0.3, 0.4) is 0 Å². The molecule has 0 bridgehead atoms. The molecule has 1 aromatic heterocycles. The van der Waals surface area contributed by atoms with Crippen LogP contribution in [-0.4, -0.2) is 34.1 Å². The largest absolute Gasteiger partial charge is 0.484 e. The van der Waals surface area contributed by atoms with Gasteiger partial charge in [0.05, 0.1) is 17.1 Å². The summed E-state index contributed by atoms with van der Waals surface area (Å²) >= 11 is 0. The van der Waals surface area contributed by atoms with E-state index in [1.807, 2.05) is 0 Å². The van der Waals surface area contributed by atoms with E-state index in [-0.39, 0.29) is 30.0 Å². The Kier molecular flexibility index (Phi) is 5.35. The average Bonchev–Trinajstić information content (AvgIpc) is 3.11. The SMILES string of the molecule is NC(=O)COc1ccc([C@H]2CC(=O)Nc3c(C(=O)O)cn(-c4cc(F)cc(F)c4)c32)cc1. The number of anilines is 1. The van der Waals surface area contributed by atoms with Gasteiger partial charge in [0.1, 0.15) is 22.9 Å². The van der Waals surface area contributed by atoms with Crippen LogP contribution in [0.5, 0.6) is 5.75 Å². The molecule has 0 radical (unpaired) electrons. The lowest BCUT2D eigenvalue weighted by Gasteiger charge is -2.26. The third-order valence-corrected chi connectivity index (χ3v) is 5.05. The molecule has 0 saturated carbocycles. The number of rotatable bonds is 6. The van der Waals surface area contributed by atoms with E-state index in [1.54, 1.807) is 24.3 Å². The number of aromatic nitrogens is 1. The molecular weight excluding hydrogens is 424 g/mol. The summed E-state index contributed by atoms with van der Waals surface area (Å²) in [6.45, 7) is -0.300. The van der Waals surface area contributed by atoms with Crippen LogP contribution in [0, 0.1) is 11.6 Å². The number of carbonyl (C=O) groups is 3. The Bertz CT molecular complexity index is 1220. The van der Waals surface area contributed by atoms with Gasteiger partial charge in [-0.2, -0.15) is 0 Å². The first-order valence-corrected chi connectivity index (χ1v) is 9.49. The van der Waals surface area contributed by atoms with E-state index in [0.717, 1.165) is 12.1 Å². The molecule has 2 heterocycles. The first-order valence-electron chi connectivity index (χ1n) is 9.49. The molecule has 0 spiro atoms. The molecule has 32 heavy (non-hydrogen) atoms. The lowest BCUT2D eigenvalue weighted by atomic mass is 9.88. The zero-order chi connectivity index (χ0) is 23.0. The molecule has 164 valence electrons. The maximum absolute atomic E-state index is 13.9. The molecule has 1 aliphatic rings. The minimum absolute atomic E-state index is 0.0185. The van der Waals surface area contributed by atoms with E-state index in [9.17, 15) is 28.3 Å². The van der Waals surface area contributed by atoms with E-state index < -0.39 is 35.3 Å². The third kappa shape index (κ3) is 4.02. The molecule has 4 rings (SSSR count). The van der Waals surface area contributed by atoms with Crippen LogP contribution in [0.25, 0.3) is 5.69 Å². The number of benzene rings is 2. The number of amides is 2. The number of ether oxygens (including phenoxy) is 1. The van der Waals surface area contributed by atoms with Crippen molar-refractivity contribution in [3.05, 3.63) is 77.1 Å². The molecule has 3 aromatic rings. The van der Waals surface area contributed by atoms with Gasteiger partial charge in [-0.25, -0.2) is 13.6 Å². The summed E-state index contributed by atoms with van der Waals surface area (Å²) in [7, 11) is 0. The molecule has 0 unspecified atom stereocenters. The lowest BCUT2D eigenvalue weighted by molar-refractivity contribution is -0.120. The van der Waals surface area contributed by atoms with Gasteiger partial charge >= 0.3 is 5.97 Å². The van der Waals surface area contributed by atoms with Crippen LogP contribution in [-0.2, 0) is 9.59 Å². The molecular formula is C22H17F2N3O5. The van der Waals surface area contributed by atoms with E-state index in [0.29, 0.717) is 23.1 Å². The molecule has 10 heteroatoms. The molecule has 1 aliphatic heterocycles. The van der Waals surface area contributed by atoms with E-state index in [4.69, 9.17) is 10.5 Å². The van der Waals surface area contributed by atoms with Crippen molar-refractivity contribution < 1.29 is 33.0 Å². The fraction of sp³-hybridized carbons (Fsp3) is 0.136. The summed E-state index contributed by atoms with van der Waals surface area (Å²) in [6.07, 6.45) is 1.21. The normalized spacial score (nSPS) is 15.1. The molecule has 2 aromatic carbocycles. The highest BCUT2D eigenvalue weighted by Gasteiger charge is 2.34. The first kappa shape index (κ1) is 21.0. The summed E-state index contributed by atoms with van der Waals surface area (Å²) in [6, 6.07) is 9.34. The van der Waals surface area contributed by atoms with Gasteiger partial charge in [0.2, 0.25) is 5.91 Å². The Balaban J connectivity index is 1.83. The number of carbonyl (C=O) groups excluding carboxylic acids is 2. The molecule has 0 fully saturated rings. The number of nitrogens with one attached hydrogen (secondary N) is 1. The highest BCUT2D eigenvalue weighted by Crippen LogP contribution is 2.42. The third-order valence-electron chi connectivity index (χ3n) is 5.05. The topological polar surface area (TPSA) is 124 Å². The van der Waals surface area contributed by atoms with Crippen LogP contribution in [0.1, 0.15) is 34.0 Å². The van der Waals surface area contributed by atoms with E-state index in [2.05, 4.69) is 5.32 Å². The Labute approximate surface area is 180 Å². The summed E-state index contributed by atoms with van der Waals surface area (Å²) in [5, 5.41) is 12.2. The second-order valence-corrected chi connectivity index (χ2v) is 7.23. The summed E-state index contributed by atoms with van der Waals surface area (Å²) in [4.78, 5) is 35.1. The van der Waals surface area contributed by atoms with Gasteiger partial charge in [-0.3, -0.25) is 9.59 Å². The molecule has 0 saturated heterocycles. The lowest BCUT2D eigenvalue weighted by Crippen LogP contribution is -2.25. The summed E-state index contributed by atoms with van der Waals surface area (Å²) in [5.74, 6) is -4.22. The van der Waals surface area contributed by atoms with Crippen LogP contribution in [0.2, 0.25) is 0 Å². The smallest absolute Gasteiger partial charge is 0.339 e. The van der Waals surface area contributed by atoms with Gasteiger partial charge in [0.25, 0.3) is 5.91 Å². The summed E-state index contributed by atoms with van der Waals surface area (Å²) < 4.78 is 34.4. The van der Waals surface area contributed by atoms with Gasteiger partial charge < -0.3 is 25.5 Å². The van der Waals surface area contributed by atoms with Crippen molar-refractivity contribution in [2.45, 2.75) is 12.3 Å². The number of primary amides is 1. The minimum Gasteiger partial charge on any atom is -0.484 e. The van der Waals surface area contributed by atoms with E-state index >= 15 is 0 Å². The van der Waals surface area contributed by atoms with Crippen molar-refractivity contribution in [3.63, 3.8) is 0 Å². The molecule has 0 aliphatic carbocycles. The molecule has 8 nitrogen and oxygen atoms in total. The molecule has 2 amide bonds. The number of hydrogen-bond donors (Lipinski definition) is 3. The highest BCUT2D eigenvalue weighted by molar-refractivity contribution is 6.04. The van der Waals surface area contributed by atoms with Gasteiger partial charge in [-0.1, -0.05) is 12.1 Å². The number of nitrogens with two attached hydrogens (primary N) is 1. The van der Waals surface area contributed by atoms with Crippen molar-refractivity contribution >= 4 is 23.5 Å². The number of carboxylic acids is 1. The number of fused-ring (bicyclic) bond motifs is 1. The number of nitrogens with zero attached hydrogens (tertiary/aromatic N) is 1. The van der Waals surface area contributed by atoms with Gasteiger partial charge in [-0.15, -0.1) is 0 Å². The van der Waals surface area contributed by atoms with E-state index in [1.165, 1.54) is 10.8 Å². The van der Waals surface area contributed by atoms with Crippen LogP contribution in [0.15, 0.2) is 48.7 Å². The van der Waals surface area contributed by atoms with Crippen LogP contribution >= 0.6 is 0 Å². The maximum Gasteiger partial charge on any atom is 0.339 e. The second-order valence-electron chi connectivity index (χ2n) is 7.23. The zero-order valence-electron chi connectivity index (χ0n) is 16.5. The fourth-order valence-corrected chi connectivity index (χ4v) is 3.75. The van der Waals surface area contributed by atoms with Crippen molar-refractivity contribution in [2.75, 3.05) is 11.9 Å². The van der Waals surface area contributed by atoms with Gasteiger partial charge in [0.15, 0.2) is 6.61 Å².